The largest absolute Gasteiger partial charge is 0.392 e. The van der Waals surface area contributed by atoms with Crippen LogP contribution in [0.5, 0.6) is 0 Å². The summed E-state index contributed by atoms with van der Waals surface area (Å²) in [7, 11) is -3.96. The zero-order valence-electron chi connectivity index (χ0n) is 31.6. The number of hydrogen-bond donors (Lipinski definition) is 3. The molecule has 2 heterocycles. The van der Waals surface area contributed by atoms with Crippen LogP contribution in [0.4, 0.5) is 0 Å². The van der Waals surface area contributed by atoms with Crippen molar-refractivity contribution in [2.45, 2.75) is 73.6 Å². The zero-order valence-corrected chi connectivity index (χ0v) is 34.0. The average Bonchev–Trinajstić information content (AvgIpc) is 3.67. The van der Waals surface area contributed by atoms with Crippen LogP contribution in [-0.2, 0) is 43.9 Å². The van der Waals surface area contributed by atoms with Gasteiger partial charge in [0.2, 0.25) is 15.9 Å². The highest BCUT2D eigenvalue weighted by Gasteiger charge is 2.33. The van der Waals surface area contributed by atoms with E-state index in [0.29, 0.717) is 12.2 Å². The maximum atomic E-state index is 13.6. The second kappa shape index (κ2) is 18.7. The average molecular weight is 821 g/mol. The second-order valence-corrected chi connectivity index (χ2v) is 18.1. The van der Waals surface area contributed by atoms with Crippen molar-refractivity contribution in [2.24, 2.45) is 0 Å². The monoisotopic (exact) mass is 820 g/mol. The maximum Gasteiger partial charge on any atom is 0.241 e. The summed E-state index contributed by atoms with van der Waals surface area (Å²) in [5, 5.41) is 21.8. The van der Waals surface area contributed by atoms with Crippen LogP contribution in [0.2, 0.25) is 0 Å². The molecular weight excluding hydrogens is 777 g/mol. The predicted octanol–water partition coefficient (Wildman–Crippen LogP) is 7.86. The van der Waals surface area contributed by atoms with Gasteiger partial charge in [-0.3, -0.25) is 4.79 Å². The molecule has 4 atom stereocenters. The Morgan fingerprint density at radius 1 is 0.825 bits per heavy atom. The van der Waals surface area contributed by atoms with Crippen molar-refractivity contribution in [1.82, 2.24) is 20.2 Å². The fourth-order valence-corrected chi connectivity index (χ4v) is 9.59. The summed E-state index contributed by atoms with van der Waals surface area (Å²) >= 11 is 3.20. The lowest BCUT2D eigenvalue weighted by Gasteiger charge is -2.36. The van der Waals surface area contributed by atoms with Gasteiger partial charge >= 0.3 is 0 Å². The summed E-state index contributed by atoms with van der Waals surface area (Å²) in [4.78, 5) is 13.7. The number of sulfonamides is 1. The molecule has 1 aliphatic heterocycles. The third kappa shape index (κ3) is 10.8. The Bertz CT molecular complexity index is 2360. The van der Waals surface area contributed by atoms with Crippen molar-refractivity contribution in [3.63, 3.8) is 0 Å². The second-order valence-electron chi connectivity index (χ2n) is 14.0. The number of rotatable bonds is 15. The van der Waals surface area contributed by atoms with Gasteiger partial charge in [-0.25, -0.2) is 8.42 Å². The first-order valence-electron chi connectivity index (χ1n) is 18.7. The molecule has 5 aromatic carbocycles. The van der Waals surface area contributed by atoms with Crippen LogP contribution < -0.4 is 10.0 Å². The Morgan fingerprint density at radius 3 is 2.25 bits per heavy atom. The molecule has 0 unspecified atom stereocenters. The highest BCUT2D eigenvalue weighted by molar-refractivity contribution is 8.01. The van der Waals surface area contributed by atoms with Gasteiger partial charge in [0, 0.05) is 24.3 Å². The molecule has 1 saturated heterocycles. The van der Waals surface area contributed by atoms with Gasteiger partial charge in [-0.05, 0) is 71.8 Å². The molecule has 0 spiro atoms. The van der Waals surface area contributed by atoms with Gasteiger partial charge in [0.1, 0.15) is 11.0 Å². The van der Waals surface area contributed by atoms with E-state index in [2.05, 4.69) is 20.2 Å². The van der Waals surface area contributed by atoms with Crippen molar-refractivity contribution in [3.8, 4) is 11.1 Å². The lowest BCUT2D eigenvalue weighted by atomic mass is 9.99. The van der Waals surface area contributed by atoms with Crippen molar-refractivity contribution >= 4 is 39.0 Å². The summed E-state index contributed by atoms with van der Waals surface area (Å²) in [5.41, 5.74) is 7.34. The highest BCUT2D eigenvalue weighted by atomic mass is 32.2. The molecule has 3 N–H and O–H groups in total. The van der Waals surface area contributed by atoms with E-state index in [-0.39, 0.29) is 36.7 Å². The molecule has 7 rings (SSSR count). The zero-order chi connectivity index (χ0) is 39.8. The third-order valence-corrected chi connectivity index (χ3v) is 13.2. The number of thioether (sulfide) groups is 1. The summed E-state index contributed by atoms with van der Waals surface area (Å²) < 4.78 is 43.3. The summed E-state index contributed by atoms with van der Waals surface area (Å²) in [5.74, 6) is 0.279. The SMILES string of the molecule is Cc1ccc(S(=O)(=O)N[C@H](Cc2ccccc2)C(=O)NCc2cccc(-c3ccc([C@H]4O[C@@H](CSc5nnc(C)s5)C[C@@H](c5ccc(CO)cc5)O4)cc3)c2)cc1. The predicted molar refractivity (Wildman–Crippen MR) is 223 cm³/mol. The smallest absolute Gasteiger partial charge is 0.241 e. The normalized spacial score (nSPS) is 17.6. The van der Waals surface area contributed by atoms with E-state index in [1.54, 1.807) is 47.4 Å². The molecule has 57 heavy (non-hydrogen) atoms. The van der Waals surface area contributed by atoms with E-state index in [1.165, 1.54) is 0 Å². The number of hydrogen-bond acceptors (Lipinski definition) is 10. The van der Waals surface area contributed by atoms with Crippen LogP contribution in [0.15, 0.2) is 137 Å². The van der Waals surface area contributed by atoms with Crippen molar-refractivity contribution in [1.29, 1.82) is 0 Å². The molecule has 0 bridgehead atoms. The molecule has 294 valence electrons. The van der Waals surface area contributed by atoms with Gasteiger partial charge in [-0.2, -0.15) is 4.72 Å². The molecule has 0 saturated carbocycles. The number of aliphatic hydroxyl groups is 1. The Hall–Kier alpha value is -4.73. The van der Waals surface area contributed by atoms with Gasteiger partial charge in [-0.15, -0.1) is 10.2 Å². The Kier molecular flexibility index (Phi) is 13.3. The van der Waals surface area contributed by atoms with Crippen LogP contribution >= 0.6 is 23.1 Å². The molecule has 0 radical (unpaired) electrons. The van der Waals surface area contributed by atoms with E-state index in [1.807, 2.05) is 117 Å². The number of nitrogens with one attached hydrogen (secondary N) is 2. The fourth-order valence-electron chi connectivity index (χ4n) is 6.54. The molecule has 1 fully saturated rings. The first-order valence-corrected chi connectivity index (χ1v) is 21.9. The molecule has 6 aromatic rings. The minimum Gasteiger partial charge on any atom is -0.392 e. The Morgan fingerprint density at radius 2 is 1.54 bits per heavy atom. The first kappa shape index (κ1) is 40.5. The fraction of sp³-hybridized carbons (Fsp3) is 0.250. The number of carbonyl (C=O) groups is 1. The van der Waals surface area contributed by atoms with Crippen molar-refractivity contribution in [2.75, 3.05) is 5.75 Å². The Labute approximate surface area is 341 Å². The lowest BCUT2D eigenvalue weighted by molar-refractivity contribution is -0.245. The number of benzene rings is 5. The minimum atomic E-state index is -3.96. The topological polar surface area (TPSA) is 140 Å². The van der Waals surface area contributed by atoms with Gasteiger partial charge in [0.15, 0.2) is 10.6 Å². The van der Waals surface area contributed by atoms with E-state index >= 15 is 0 Å². The van der Waals surface area contributed by atoms with Crippen LogP contribution in [0, 0.1) is 13.8 Å². The van der Waals surface area contributed by atoms with Gasteiger partial charge in [-0.1, -0.05) is 138 Å². The maximum absolute atomic E-state index is 13.6. The van der Waals surface area contributed by atoms with Gasteiger partial charge in [0.05, 0.1) is 23.7 Å². The Balaban J connectivity index is 1.03. The number of amides is 1. The van der Waals surface area contributed by atoms with E-state index in [4.69, 9.17) is 9.47 Å². The van der Waals surface area contributed by atoms with Crippen molar-refractivity contribution < 1.29 is 27.8 Å². The summed E-state index contributed by atoms with van der Waals surface area (Å²) in [6.45, 7) is 4.02. The van der Waals surface area contributed by atoms with Crippen molar-refractivity contribution in [3.05, 3.63) is 166 Å². The molecule has 0 aliphatic carbocycles. The number of ether oxygens (including phenoxy) is 2. The number of aryl methyl sites for hydroxylation is 2. The molecule has 1 amide bonds. The third-order valence-electron chi connectivity index (χ3n) is 9.65. The van der Waals surface area contributed by atoms with Crippen LogP contribution in [-0.4, -0.2) is 47.5 Å². The number of carbonyl (C=O) groups excluding carboxylic acids is 1. The molecule has 1 aliphatic rings. The number of nitrogens with zero attached hydrogens (tertiary/aromatic N) is 2. The highest BCUT2D eigenvalue weighted by Crippen LogP contribution is 2.40. The number of aliphatic hydroxyl groups excluding tert-OH is 1. The van der Waals surface area contributed by atoms with Gasteiger partial charge < -0.3 is 19.9 Å². The van der Waals surface area contributed by atoms with Crippen LogP contribution in [0.3, 0.4) is 0 Å². The first-order chi connectivity index (χ1) is 27.6. The molecule has 13 heteroatoms. The summed E-state index contributed by atoms with van der Waals surface area (Å²) in [6.07, 6.45) is -0.0248. The van der Waals surface area contributed by atoms with E-state index in [0.717, 1.165) is 53.9 Å². The minimum absolute atomic E-state index is 0.0178. The molecule has 1 aromatic heterocycles. The number of aromatic nitrogens is 2. The van der Waals surface area contributed by atoms with Crippen LogP contribution in [0.25, 0.3) is 11.1 Å². The quantitative estimate of drug-likeness (QED) is 0.0884. The van der Waals surface area contributed by atoms with Gasteiger partial charge in [0.25, 0.3) is 0 Å². The lowest BCUT2D eigenvalue weighted by Crippen LogP contribution is -2.47. The molecular formula is C44H44N4O6S3. The van der Waals surface area contributed by atoms with E-state index in [9.17, 15) is 18.3 Å². The molecule has 10 nitrogen and oxygen atoms in total. The summed E-state index contributed by atoms with van der Waals surface area (Å²) in [6, 6.07) is 38.7. The van der Waals surface area contributed by atoms with Crippen LogP contribution in [0.1, 0.15) is 57.2 Å². The van der Waals surface area contributed by atoms with E-state index < -0.39 is 28.3 Å². The standard InChI is InChI=1S/C44H44N4O6S3/c1-29-11-21-39(22-12-29)57(51,52)48-40(24-31-7-4-3-5-8-31)42(50)45-26-33-9-6-10-37(23-33)34-17-19-36(20-18-34)43-53-38(28-55-44-47-46-30(2)56-44)25-41(54-43)35-15-13-32(27-49)14-16-35/h3-23,38,40-41,43,48-49H,24-28H2,1-2H3,(H,45,50)/t38-,40-,41+,43+/m1/s1.